The molecule has 3 atom stereocenters. The molecule has 0 aliphatic heterocycles. The fourth-order valence-corrected chi connectivity index (χ4v) is 6.10. The first-order chi connectivity index (χ1) is 32.0. The van der Waals surface area contributed by atoms with E-state index in [2.05, 4.69) is 47.8 Å². The quantitative estimate of drug-likeness (QED) is 0.0288. The van der Waals surface area contributed by atoms with E-state index in [4.69, 9.17) is 24.1 Å². The Morgan fingerprint density at radius 3 is 1.28 bits per heavy atom. The van der Waals surface area contributed by atoms with Gasteiger partial charge in [-0.2, -0.15) is 0 Å². The number of carbonyl (C=O) groups excluding carboxylic acids is 6. The summed E-state index contributed by atoms with van der Waals surface area (Å²) in [6, 6.07) is -3.85. The average molecular weight is 1030 g/mol. The lowest BCUT2D eigenvalue weighted by Crippen LogP contribution is -2.44. The second-order valence-electron chi connectivity index (χ2n) is 15.2. The van der Waals surface area contributed by atoms with E-state index >= 15 is 0 Å². The summed E-state index contributed by atoms with van der Waals surface area (Å²) in [6.07, 6.45) is 6.95. The van der Waals surface area contributed by atoms with Crippen molar-refractivity contribution in [3.8, 4) is 0 Å². The number of aliphatic carboxylic acids is 4. The number of ether oxygens (including phenoxy) is 4. The first-order valence-electron chi connectivity index (χ1n) is 22.5. The molecule has 0 aromatic carbocycles. The minimum Gasteiger partial charge on any atom is -0.481 e. The van der Waals surface area contributed by atoms with Gasteiger partial charge in [-0.25, -0.2) is 14.4 Å². The van der Waals surface area contributed by atoms with E-state index in [1.807, 2.05) is 0 Å². The number of carbonyl (C=O) groups is 10. The summed E-state index contributed by atoms with van der Waals surface area (Å²) < 4.78 is 21.1. The smallest absolute Gasteiger partial charge is 0.326 e. The van der Waals surface area contributed by atoms with Crippen LogP contribution in [0.4, 0.5) is 0 Å². The third-order valence-electron chi connectivity index (χ3n) is 9.48. The van der Waals surface area contributed by atoms with E-state index in [0.717, 1.165) is 38.5 Å². The standard InChI is InChI=1S/C42H71BrN6O18/c43-27-36(53)44-18-10-9-11-30(40(58)59)49-38(55)29-67-26-24-65-22-20-46-37(54)28-66-25-23-64-21-19-45-33(50)16-14-31(41(60)61)48-35(52)17-15-32(42(62)63)47-34(51)12-7-5-3-1-2-4-6-8-13-39(56)57/h30-32H,1-29H2,(H,44,53)(H,45,50)(H,46,54)(H,47,51)(H,48,52)(H,49,55)(H,56,57)(H,58,59)(H,60,61)(H,62,63)/t30?,31-,32-/m0/s1. The lowest BCUT2D eigenvalue weighted by Gasteiger charge is -2.17. The van der Waals surface area contributed by atoms with Crippen molar-refractivity contribution in [2.45, 2.75) is 127 Å². The molecule has 0 aliphatic carbocycles. The van der Waals surface area contributed by atoms with E-state index in [0.29, 0.717) is 32.2 Å². The molecule has 10 N–H and O–H groups in total. The Bertz CT molecular complexity index is 1510. The van der Waals surface area contributed by atoms with E-state index in [1.54, 1.807) is 0 Å². The largest absolute Gasteiger partial charge is 0.481 e. The van der Waals surface area contributed by atoms with Crippen molar-refractivity contribution in [1.82, 2.24) is 31.9 Å². The number of alkyl halides is 1. The van der Waals surface area contributed by atoms with Crippen LogP contribution in [0, 0.1) is 0 Å². The zero-order valence-corrected chi connectivity index (χ0v) is 39.7. The highest BCUT2D eigenvalue weighted by atomic mass is 79.9. The van der Waals surface area contributed by atoms with E-state index < -0.39 is 71.5 Å². The molecule has 25 heteroatoms. The van der Waals surface area contributed by atoms with E-state index in [-0.39, 0.29) is 122 Å². The zero-order valence-electron chi connectivity index (χ0n) is 38.1. The van der Waals surface area contributed by atoms with Crippen molar-refractivity contribution >= 4 is 75.3 Å². The summed E-state index contributed by atoms with van der Waals surface area (Å²) >= 11 is 3.03. The Labute approximate surface area is 398 Å². The molecule has 0 aliphatic rings. The average Bonchev–Trinajstić information content (AvgIpc) is 3.27. The molecule has 6 amide bonds. The monoisotopic (exact) mass is 1030 g/mol. The van der Waals surface area contributed by atoms with Crippen LogP contribution < -0.4 is 31.9 Å². The van der Waals surface area contributed by atoms with E-state index in [9.17, 15) is 63.3 Å². The van der Waals surface area contributed by atoms with Gasteiger partial charge in [0.05, 0.1) is 45.0 Å². The Balaban J connectivity index is 4.01. The lowest BCUT2D eigenvalue weighted by molar-refractivity contribution is -0.143. The van der Waals surface area contributed by atoms with Gasteiger partial charge in [-0.1, -0.05) is 54.5 Å². The summed E-state index contributed by atoms with van der Waals surface area (Å²) in [5.41, 5.74) is 0. The topological polar surface area (TPSA) is 361 Å². The van der Waals surface area contributed by atoms with Gasteiger partial charge < -0.3 is 71.3 Å². The first kappa shape index (κ1) is 62.0. The summed E-state index contributed by atoms with van der Waals surface area (Å²) in [6.45, 7) is 0.675. The van der Waals surface area contributed by atoms with Crippen LogP contribution in [0.15, 0.2) is 0 Å². The lowest BCUT2D eigenvalue weighted by atomic mass is 10.1. The van der Waals surface area contributed by atoms with Crippen LogP contribution in [0.2, 0.25) is 0 Å². The number of nitrogens with one attached hydrogen (secondary N) is 6. The Morgan fingerprint density at radius 2 is 0.776 bits per heavy atom. The molecule has 0 heterocycles. The van der Waals surface area contributed by atoms with Crippen molar-refractivity contribution in [3.05, 3.63) is 0 Å². The molecule has 0 spiro atoms. The number of amides is 6. The number of carboxylic acids is 4. The maximum Gasteiger partial charge on any atom is 0.326 e. The van der Waals surface area contributed by atoms with Crippen molar-refractivity contribution in [2.24, 2.45) is 0 Å². The molecular weight excluding hydrogens is 956 g/mol. The van der Waals surface area contributed by atoms with Gasteiger partial charge in [0.1, 0.15) is 31.3 Å². The number of hydrogen-bond donors (Lipinski definition) is 10. The molecule has 0 aromatic rings. The van der Waals surface area contributed by atoms with Crippen LogP contribution in [0.3, 0.4) is 0 Å². The Morgan fingerprint density at radius 1 is 0.373 bits per heavy atom. The Hall–Kier alpha value is -4.98. The summed E-state index contributed by atoms with van der Waals surface area (Å²) in [7, 11) is 0. The molecule has 1 unspecified atom stereocenters. The van der Waals surface area contributed by atoms with Crippen LogP contribution >= 0.6 is 15.9 Å². The molecule has 67 heavy (non-hydrogen) atoms. The summed E-state index contributed by atoms with van der Waals surface area (Å²) in [5.74, 6) is -7.61. The van der Waals surface area contributed by atoms with Crippen LogP contribution in [-0.4, -0.2) is 176 Å². The minimum absolute atomic E-state index is 0.0561. The predicted octanol–water partition coefficient (Wildman–Crippen LogP) is 0.221. The summed E-state index contributed by atoms with van der Waals surface area (Å²) in [5, 5.41) is 52.1. The third-order valence-corrected chi connectivity index (χ3v) is 9.98. The van der Waals surface area contributed by atoms with Crippen LogP contribution in [0.25, 0.3) is 0 Å². The predicted molar refractivity (Wildman–Crippen MR) is 241 cm³/mol. The second kappa shape index (κ2) is 41.2. The van der Waals surface area contributed by atoms with Crippen molar-refractivity contribution in [2.75, 3.05) is 77.8 Å². The Kier molecular flexibility index (Phi) is 38.2. The highest BCUT2D eigenvalue weighted by molar-refractivity contribution is 9.09. The van der Waals surface area contributed by atoms with Crippen LogP contribution in [0.1, 0.15) is 109 Å². The molecular formula is C42H71BrN6O18. The van der Waals surface area contributed by atoms with Gasteiger partial charge in [0.25, 0.3) is 0 Å². The number of rotatable bonds is 45. The van der Waals surface area contributed by atoms with Gasteiger partial charge >= 0.3 is 23.9 Å². The molecule has 384 valence electrons. The molecule has 0 bridgehead atoms. The van der Waals surface area contributed by atoms with Gasteiger partial charge in [-0.05, 0) is 44.9 Å². The molecule has 0 radical (unpaired) electrons. The van der Waals surface area contributed by atoms with E-state index in [1.165, 1.54) is 0 Å². The molecule has 24 nitrogen and oxygen atoms in total. The second-order valence-corrected chi connectivity index (χ2v) is 15.7. The number of hydrogen-bond acceptors (Lipinski definition) is 14. The SMILES string of the molecule is O=C(O)CCCCCCCCCCC(=O)N[C@@H](CCC(=O)N[C@@H](CCC(=O)NCCOCCOCC(=O)NCCOCCOCC(=O)NC(CCCCNC(=O)CBr)C(=O)O)C(=O)O)C(=O)O. The maximum atomic E-state index is 12.5. The fourth-order valence-electron chi connectivity index (χ4n) is 5.90. The van der Waals surface area contributed by atoms with Crippen molar-refractivity contribution in [1.29, 1.82) is 0 Å². The minimum atomic E-state index is -1.41. The van der Waals surface area contributed by atoms with Crippen molar-refractivity contribution < 1.29 is 87.3 Å². The third kappa shape index (κ3) is 38.8. The van der Waals surface area contributed by atoms with Gasteiger partial charge in [0.2, 0.25) is 35.4 Å². The molecule has 0 saturated heterocycles. The number of unbranched alkanes of at least 4 members (excludes halogenated alkanes) is 8. The number of halogens is 1. The van der Waals surface area contributed by atoms with Gasteiger partial charge in [-0.15, -0.1) is 0 Å². The number of carboxylic acid groups (broad SMARTS) is 4. The molecule has 0 saturated carbocycles. The first-order valence-corrected chi connectivity index (χ1v) is 23.6. The van der Waals surface area contributed by atoms with Gasteiger partial charge in [-0.3, -0.25) is 33.6 Å². The highest BCUT2D eigenvalue weighted by Crippen LogP contribution is 2.11. The maximum absolute atomic E-state index is 12.5. The van der Waals surface area contributed by atoms with Crippen LogP contribution in [0.5, 0.6) is 0 Å². The molecule has 0 fully saturated rings. The van der Waals surface area contributed by atoms with Gasteiger partial charge in [0.15, 0.2) is 0 Å². The normalized spacial score (nSPS) is 12.2. The van der Waals surface area contributed by atoms with Gasteiger partial charge in [0, 0.05) is 45.3 Å². The molecule has 0 aromatic heterocycles. The highest BCUT2D eigenvalue weighted by Gasteiger charge is 2.25. The zero-order chi connectivity index (χ0) is 50.1. The fraction of sp³-hybridized carbons (Fsp3) is 0.762. The molecule has 0 rings (SSSR count). The van der Waals surface area contributed by atoms with Crippen LogP contribution in [-0.2, 0) is 66.9 Å². The summed E-state index contributed by atoms with van der Waals surface area (Å²) in [4.78, 5) is 118. The van der Waals surface area contributed by atoms with Crippen molar-refractivity contribution in [3.63, 3.8) is 0 Å².